The van der Waals surface area contributed by atoms with Gasteiger partial charge in [-0.1, -0.05) is 31.5 Å². The molecule has 0 saturated carbocycles. The number of unbranched alkanes of at least 4 members (excludes halogenated alkanes) is 1. The number of rotatable bonds is 8. The fourth-order valence-electron chi connectivity index (χ4n) is 1.85. The molecule has 0 saturated heterocycles. The lowest BCUT2D eigenvalue weighted by Crippen LogP contribution is -2.11. The van der Waals surface area contributed by atoms with E-state index in [0.29, 0.717) is 6.42 Å². The van der Waals surface area contributed by atoms with Gasteiger partial charge in [0.25, 0.3) is 0 Å². The number of anilines is 1. The number of hydrogen-bond donors (Lipinski definition) is 1. The van der Waals surface area contributed by atoms with Gasteiger partial charge in [-0.25, -0.2) is 4.68 Å². The van der Waals surface area contributed by atoms with Crippen LogP contribution in [0.2, 0.25) is 0 Å². The number of benzene rings is 1. The topological polar surface area (TPSA) is 46.9 Å². The average Bonchev–Trinajstić information content (AvgIpc) is 2.96. The van der Waals surface area contributed by atoms with Gasteiger partial charge in [0.1, 0.15) is 0 Å². The zero-order valence-electron chi connectivity index (χ0n) is 12.3. The summed E-state index contributed by atoms with van der Waals surface area (Å²) in [6.45, 7) is 2.18. The van der Waals surface area contributed by atoms with E-state index in [2.05, 4.69) is 17.3 Å². The Kier molecular flexibility index (Phi) is 6.34. The lowest BCUT2D eigenvalue weighted by Gasteiger charge is -2.02. The Morgan fingerprint density at radius 2 is 2.10 bits per heavy atom. The van der Waals surface area contributed by atoms with Crippen molar-refractivity contribution in [3.8, 4) is 5.69 Å². The van der Waals surface area contributed by atoms with Crippen LogP contribution in [0, 0.1) is 0 Å². The summed E-state index contributed by atoms with van der Waals surface area (Å²) in [5, 5.41) is 7.14. The Morgan fingerprint density at radius 1 is 1.29 bits per heavy atom. The number of thioether (sulfide) groups is 1. The van der Waals surface area contributed by atoms with Crippen LogP contribution >= 0.6 is 11.8 Å². The zero-order chi connectivity index (χ0) is 14.9. The van der Waals surface area contributed by atoms with E-state index in [1.165, 1.54) is 12.8 Å². The maximum Gasteiger partial charge on any atom is 0.225 e. The van der Waals surface area contributed by atoms with Crippen molar-refractivity contribution in [1.82, 2.24) is 9.78 Å². The van der Waals surface area contributed by atoms with Crippen LogP contribution in [0.1, 0.15) is 26.2 Å². The molecule has 0 aliphatic carbocycles. The van der Waals surface area contributed by atoms with Gasteiger partial charge in [0.2, 0.25) is 5.91 Å². The van der Waals surface area contributed by atoms with E-state index in [0.717, 1.165) is 22.9 Å². The molecule has 1 N–H and O–H groups in total. The van der Waals surface area contributed by atoms with E-state index in [1.807, 2.05) is 48.3 Å². The van der Waals surface area contributed by atoms with E-state index < -0.39 is 0 Å². The Bertz CT molecular complexity index is 554. The number of carbonyl (C=O) groups excluding carboxylic acids is 1. The molecule has 0 radical (unpaired) electrons. The largest absolute Gasteiger partial charge is 0.323 e. The van der Waals surface area contributed by atoms with Crippen molar-refractivity contribution >= 4 is 23.4 Å². The number of para-hydroxylation sites is 1. The maximum atomic E-state index is 11.8. The Hall–Kier alpha value is -1.75. The van der Waals surface area contributed by atoms with Crippen LogP contribution in [0.4, 0.5) is 5.69 Å². The summed E-state index contributed by atoms with van der Waals surface area (Å²) in [7, 11) is 0. The minimum atomic E-state index is 0.0478. The van der Waals surface area contributed by atoms with Crippen molar-refractivity contribution in [3.05, 3.63) is 42.7 Å². The third-order valence-corrected chi connectivity index (χ3v) is 4.07. The smallest absolute Gasteiger partial charge is 0.225 e. The lowest BCUT2D eigenvalue weighted by atomic mass is 10.3. The fourth-order valence-corrected chi connectivity index (χ4v) is 2.87. The Labute approximate surface area is 129 Å². The molecule has 0 fully saturated rings. The highest BCUT2D eigenvalue weighted by Gasteiger charge is 2.05. The van der Waals surface area contributed by atoms with Crippen LogP contribution in [-0.2, 0) is 4.79 Å². The molecule has 2 rings (SSSR count). The second-order valence-electron chi connectivity index (χ2n) is 4.77. The normalized spacial score (nSPS) is 10.5. The number of nitrogens with one attached hydrogen (secondary N) is 1. The van der Waals surface area contributed by atoms with Crippen LogP contribution in [-0.4, -0.2) is 27.2 Å². The van der Waals surface area contributed by atoms with Gasteiger partial charge in [0.15, 0.2) is 0 Å². The minimum Gasteiger partial charge on any atom is -0.323 e. The van der Waals surface area contributed by atoms with Gasteiger partial charge in [0, 0.05) is 12.2 Å². The average molecular weight is 303 g/mol. The van der Waals surface area contributed by atoms with Gasteiger partial charge >= 0.3 is 0 Å². The molecule has 1 aromatic heterocycles. The first-order valence-electron chi connectivity index (χ1n) is 7.27. The summed E-state index contributed by atoms with van der Waals surface area (Å²) in [6.07, 6.45) is 6.48. The minimum absolute atomic E-state index is 0.0478. The third kappa shape index (κ3) is 5.27. The molecule has 0 aliphatic heterocycles. The van der Waals surface area contributed by atoms with E-state index in [1.54, 1.807) is 10.9 Å². The van der Waals surface area contributed by atoms with E-state index in [-0.39, 0.29) is 5.91 Å². The third-order valence-electron chi connectivity index (χ3n) is 3.00. The van der Waals surface area contributed by atoms with E-state index in [4.69, 9.17) is 0 Å². The van der Waals surface area contributed by atoms with Crippen molar-refractivity contribution in [2.75, 3.05) is 16.8 Å². The van der Waals surface area contributed by atoms with Gasteiger partial charge in [-0.05, 0) is 24.3 Å². The number of nitrogens with zero attached hydrogens (tertiary/aromatic N) is 2. The predicted octanol–water partition coefficient (Wildman–Crippen LogP) is 3.73. The molecule has 4 nitrogen and oxygen atoms in total. The van der Waals surface area contributed by atoms with Crippen LogP contribution in [0.15, 0.2) is 42.7 Å². The quantitative estimate of drug-likeness (QED) is 0.756. The van der Waals surface area contributed by atoms with Crippen LogP contribution in [0.3, 0.4) is 0 Å². The van der Waals surface area contributed by atoms with Crippen molar-refractivity contribution in [2.24, 2.45) is 0 Å². The van der Waals surface area contributed by atoms with Crippen LogP contribution < -0.4 is 5.32 Å². The summed E-state index contributed by atoms with van der Waals surface area (Å²) in [5.41, 5.74) is 1.72. The number of aromatic nitrogens is 2. The monoisotopic (exact) mass is 303 g/mol. The van der Waals surface area contributed by atoms with Crippen molar-refractivity contribution in [2.45, 2.75) is 26.2 Å². The molecule has 21 heavy (non-hydrogen) atoms. The summed E-state index contributed by atoms with van der Waals surface area (Å²) >= 11 is 1.84. The van der Waals surface area contributed by atoms with Gasteiger partial charge in [-0.2, -0.15) is 16.9 Å². The maximum absolute atomic E-state index is 11.8. The summed E-state index contributed by atoms with van der Waals surface area (Å²) in [4.78, 5) is 11.8. The summed E-state index contributed by atoms with van der Waals surface area (Å²) < 4.78 is 1.76. The van der Waals surface area contributed by atoms with Gasteiger partial charge in [-0.15, -0.1) is 0 Å². The predicted molar refractivity (Wildman–Crippen MR) is 89.0 cm³/mol. The molecular weight excluding hydrogens is 282 g/mol. The van der Waals surface area contributed by atoms with Crippen LogP contribution in [0.5, 0.6) is 0 Å². The van der Waals surface area contributed by atoms with Crippen molar-refractivity contribution in [1.29, 1.82) is 0 Å². The summed E-state index contributed by atoms with van der Waals surface area (Å²) in [6, 6.07) is 9.84. The number of amides is 1. The molecule has 0 atom stereocenters. The van der Waals surface area contributed by atoms with Crippen LogP contribution in [0.25, 0.3) is 5.69 Å². The van der Waals surface area contributed by atoms with Gasteiger partial charge in [0.05, 0.1) is 23.8 Å². The highest BCUT2D eigenvalue weighted by atomic mass is 32.2. The molecule has 2 aromatic rings. The molecular formula is C16H21N3OS. The second kappa shape index (κ2) is 8.52. The molecule has 112 valence electrons. The van der Waals surface area contributed by atoms with Gasteiger partial charge < -0.3 is 5.32 Å². The molecule has 5 heteroatoms. The fraction of sp³-hybridized carbons (Fsp3) is 0.375. The molecule has 1 aromatic carbocycles. The Balaban J connectivity index is 1.78. The first-order valence-corrected chi connectivity index (χ1v) is 8.42. The molecule has 0 bridgehead atoms. The molecule has 0 spiro atoms. The van der Waals surface area contributed by atoms with Crippen molar-refractivity contribution in [3.63, 3.8) is 0 Å². The first-order chi connectivity index (χ1) is 10.3. The molecule has 1 amide bonds. The Morgan fingerprint density at radius 3 is 2.86 bits per heavy atom. The van der Waals surface area contributed by atoms with Gasteiger partial charge in [-0.3, -0.25) is 4.79 Å². The highest BCUT2D eigenvalue weighted by Crippen LogP contribution is 2.12. The molecule has 1 heterocycles. The second-order valence-corrected chi connectivity index (χ2v) is 6.00. The lowest BCUT2D eigenvalue weighted by molar-refractivity contribution is -0.115. The van der Waals surface area contributed by atoms with Crippen molar-refractivity contribution < 1.29 is 4.79 Å². The standard InChI is InChI=1S/C16H21N3OS/c1-2-3-10-21-11-9-16(20)18-14-12-17-19(13-14)15-7-5-4-6-8-15/h4-8,12-13H,2-3,9-11H2,1H3,(H,18,20). The zero-order valence-corrected chi connectivity index (χ0v) is 13.1. The highest BCUT2D eigenvalue weighted by molar-refractivity contribution is 7.99. The number of carbonyl (C=O) groups is 1. The SMILES string of the molecule is CCCCSCCC(=O)Nc1cnn(-c2ccccc2)c1. The molecule has 0 aliphatic rings. The first kappa shape index (κ1) is 15.6. The number of hydrogen-bond acceptors (Lipinski definition) is 3. The summed E-state index contributed by atoms with van der Waals surface area (Å²) in [5.74, 6) is 2.06. The van der Waals surface area contributed by atoms with E-state index >= 15 is 0 Å². The molecule has 0 unspecified atom stereocenters. The van der Waals surface area contributed by atoms with E-state index in [9.17, 15) is 4.79 Å².